The first-order valence-electron chi connectivity index (χ1n) is 3.85. The van der Waals surface area contributed by atoms with E-state index in [1.54, 1.807) is 0 Å². The first kappa shape index (κ1) is 12.0. The van der Waals surface area contributed by atoms with Crippen LogP contribution in [-0.2, 0) is 11.2 Å². The molecular formula is C9H5ClF4O. The molecule has 6 heteroatoms. The summed E-state index contributed by atoms with van der Waals surface area (Å²) in [6.07, 6.45) is -6.04. The molecule has 0 N–H and O–H groups in total. The van der Waals surface area contributed by atoms with Crippen molar-refractivity contribution in [3.63, 3.8) is 0 Å². The van der Waals surface area contributed by atoms with E-state index in [2.05, 4.69) is 0 Å². The van der Waals surface area contributed by atoms with E-state index in [4.69, 9.17) is 11.6 Å². The summed E-state index contributed by atoms with van der Waals surface area (Å²) in [6.45, 7) is 0. The maximum Gasteiger partial charge on any atom is 0.450 e. The summed E-state index contributed by atoms with van der Waals surface area (Å²) in [5, 5.41) is -0.187. The molecule has 0 amide bonds. The monoisotopic (exact) mass is 240 g/mol. The molecule has 0 unspecified atom stereocenters. The molecule has 0 spiro atoms. The molecular weight excluding hydrogens is 236 g/mol. The van der Waals surface area contributed by atoms with Gasteiger partial charge in [-0.05, 0) is 12.1 Å². The Kier molecular flexibility index (Phi) is 3.34. The van der Waals surface area contributed by atoms with Crippen molar-refractivity contribution in [3.05, 3.63) is 34.6 Å². The van der Waals surface area contributed by atoms with Crippen LogP contribution in [0.15, 0.2) is 18.2 Å². The Morgan fingerprint density at radius 3 is 2.40 bits per heavy atom. The SMILES string of the molecule is O=C(Cc1c(F)cccc1Cl)C(F)(F)F. The molecule has 0 saturated carbocycles. The van der Waals surface area contributed by atoms with Gasteiger partial charge in [0.05, 0.1) is 0 Å². The number of halogens is 5. The lowest BCUT2D eigenvalue weighted by molar-refractivity contribution is -0.170. The van der Waals surface area contributed by atoms with Gasteiger partial charge in [-0.3, -0.25) is 4.79 Å². The Morgan fingerprint density at radius 2 is 1.93 bits per heavy atom. The van der Waals surface area contributed by atoms with Crippen LogP contribution in [0.25, 0.3) is 0 Å². The number of Topliss-reactive ketones (excluding diaryl/α,β-unsaturated/α-hetero) is 1. The molecule has 1 aromatic carbocycles. The van der Waals surface area contributed by atoms with Gasteiger partial charge in [0.1, 0.15) is 5.82 Å². The van der Waals surface area contributed by atoms with Gasteiger partial charge >= 0.3 is 6.18 Å². The Morgan fingerprint density at radius 1 is 1.33 bits per heavy atom. The number of carbonyl (C=O) groups excluding carboxylic acids is 1. The minimum Gasteiger partial charge on any atom is -0.289 e. The summed E-state index contributed by atoms with van der Waals surface area (Å²) >= 11 is 5.46. The van der Waals surface area contributed by atoms with Gasteiger partial charge in [0, 0.05) is 17.0 Å². The standard InChI is InChI=1S/C9H5ClF4O/c10-6-2-1-3-7(11)5(6)4-8(15)9(12,13)14/h1-3H,4H2. The van der Waals surface area contributed by atoms with Gasteiger partial charge in [-0.2, -0.15) is 13.2 Å². The molecule has 1 nitrogen and oxygen atoms in total. The average molecular weight is 241 g/mol. The Hall–Kier alpha value is -1.10. The maximum atomic E-state index is 13.0. The molecule has 0 atom stereocenters. The van der Waals surface area contributed by atoms with Crippen molar-refractivity contribution in [2.24, 2.45) is 0 Å². The van der Waals surface area contributed by atoms with Crippen LogP contribution in [0.5, 0.6) is 0 Å². The van der Waals surface area contributed by atoms with Crippen molar-refractivity contribution < 1.29 is 22.4 Å². The van der Waals surface area contributed by atoms with E-state index in [1.165, 1.54) is 12.1 Å². The molecule has 0 heterocycles. The fraction of sp³-hybridized carbons (Fsp3) is 0.222. The molecule has 0 aliphatic carbocycles. The van der Waals surface area contributed by atoms with Crippen LogP contribution >= 0.6 is 11.6 Å². The van der Waals surface area contributed by atoms with Crippen molar-refractivity contribution in [1.82, 2.24) is 0 Å². The van der Waals surface area contributed by atoms with Gasteiger partial charge in [-0.25, -0.2) is 4.39 Å². The zero-order valence-corrected chi connectivity index (χ0v) is 7.99. The van der Waals surface area contributed by atoms with Gasteiger partial charge in [0.15, 0.2) is 0 Å². The van der Waals surface area contributed by atoms with E-state index in [-0.39, 0.29) is 5.02 Å². The van der Waals surface area contributed by atoms with Gasteiger partial charge in [-0.15, -0.1) is 0 Å². The van der Waals surface area contributed by atoms with Crippen LogP contribution in [0.3, 0.4) is 0 Å². The lowest BCUT2D eigenvalue weighted by atomic mass is 10.1. The van der Waals surface area contributed by atoms with Crippen LogP contribution < -0.4 is 0 Å². The third-order valence-corrected chi connectivity index (χ3v) is 2.07. The molecule has 0 fully saturated rings. The third-order valence-electron chi connectivity index (χ3n) is 1.72. The number of rotatable bonds is 2. The Labute approximate surface area is 87.7 Å². The van der Waals surface area contributed by atoms with E-state index in [1.807, 2.05) is 0 Å². The molecule has 0 bridgehead atoms. The van der Waals surface area contributed by atoms with E-state index >= 15 is 0 Å². The lowest BCUT2D eigenvalue weighted by Crippen LogP contribution is -2.25. The minimum atomic E-state index is -4.97. The van der Waals surface area contributed by atoms with Crippen LogP contribution in [0.2, 0.25) is 5.02 Å². The minimum absolute atomic E-state index is 0.187. The first-order chi connectivity index (χ1) is 6.82. The molecule has 1 rings (SSSR count). The van der Waals surface area contributed by atoms with Gasteiger partial charge in [0.25, 0.3) is 0 Å². The summed E-state index contributed by atoms with van der Waals surface area (Å²) < 4.78 is 48.6. The number of carbonyl (C=O) groups is 1. The normalized spacial score (nSPS) is 11.5. The summed E-state index contributed by atoms with van der Waals surface area (Å²) in [4.78, 5) is 10.6. The highest BCUT2D eigenvalue weighted by Gasteiger charge is 2.38. The predicted octanol–water partition coefficient (Wildman–Crippen LogP) is 3.15. The Bertz CT molecular complexity index is 366. The predicted molar refractivity (Wildman–Crippen MR) is 46.2 cm³/mol. The highest BCUT2D eigenvalue weighted by molar-refractivity contribution is 6.31. The molecule has 0 radical (unpaired) electrons. The quantitative estimate of drug-likeness (QED) is 0.726. The highest BCUT2D eigenvalue weighted by Crippen LogP contribution is 2.24. The van der Waals surface area contributed by atoms with E-state index in [9.17, 15) is 22.4 Å². The zero-order valence-electron chi connectivity index (χ0n) is 7.24. The van der Waals surface area contributed by atoms with Crippen molar-refractivity contribution in [2.75, 3.05) is 0 Å². The van der Waals surface area contributed by atoms with Crippen molar-refractivity contribution in [2.45, 2.75) is 12.6 Å². The van der Waals surface area contributed by atoms with Crippen molar-refractivity contribution in [3.8, 4) is 0 Å². The molecule has 15 heavy (non-hydrogen) atoms. The summed E-state index contributed by atoms with van der Waals surface area (Å²) in [7, 11) is 0. The number of alkyl halides is 3. The van der Waals surface area contributed by atoms with E-state index in [0.29, 0.717) is 0 Å². The van der Waals surface area contributed by atoms with Crippen molar-refractivity contribution >= 4 is 17.4 Å². The maximum absolute atomic E-state index is 13.0. The fourth-order valence-electron chi connectivity index (χ4n) is 0.962. The third kappa shape index (κ3) is 2.92. The molecule has 82 valence electrons. The summed E-state index contributed by atoms with van der Waals surface area (Å²) in [6, 6.07) is 3.42. The number of hydrogen-bond donors (Lipinski definition) is 0. The van der Waals surface area contributed by atoms with Crippen molar-refractivity contribution in [1.29, 1.82) is 0 Å². The van der Waals surface area contributed by atoms with Gasteiger partial charge in [0.2, 0.25) is 5.78 Å². The molecule has 1 aromatic rings. The highest BCUT2D eigenvalue weighted by atomic mass is 35.5. The fourth-order valence-corrected chi connectivity index (χ4v) is 1.19. The van der Waals surface area contributed by atoms with Crippen LogP contribution in [-0.4, -0.2) is 12.0 Å². The molecule has 0 aromatic heterocycles. The average Bonchev–Trinajstić information content (AvgIpc) is 2.09. The lowest BCUT2D eigenvalue weighted by Gasteiger charge is -2.07. The topological polar surface area (TPSA) is 17.1 Å². The smallest absolute Gasteiger partial charge is 0.289 e. The van der Waals surface area contributed by atoms with E-state index < -0.39 is 29.8 Å². The molecule has 0 saturated heterocycles. The second-order valence-electron chi connectivity index (χ2n) is 2.80. The second kappa shape index (κ2) is 4.18. The van der Waals surface area contributed by atoms with Crippen LogP contribution in [0.4, 0.5) is 17.6 Å². The Balaban J connectivity index is 2.95. The van der Waals surface area contributed by atoms with E-state index in [0.717, 1.165) is 6.07 Å². The largest absolute Gasteiger partial charge is 0.450 e. The van der Waals surface area contributed by atoms with Crippen LogP contribution in [0, 0.1) is 5.82 Å². The zero-order chi connectivity index (χ0) is 11.6. The summed E-state index contributed by atoms with van der Waals surface area (Å²) in [5.41, 5.74) is -0.429. The van der Waals surface area contributed by atoms with Crippen LogP contribution in [0.1, 0.15) is 5.56 Å². The number of ketones is 1. The number of hydrogen-bond acceptors (Lipinski definition) is 1. The summed E-state index contributed by atoms with van der Waals surface area (Å²) in [5.74, 6) is -2.94. The van der Waals surface area contributed by atoms with Gasteiger partial charge < -0.3 is 0 Å². The molecule has 0 aliphatic rings. The molecule has 0 aliphatic heterocycles. The number of benzene rings is 1. The van der Waals surface area contributed by atoms with Gasteiger partial charge in [-0.1, -0.05) is 17.7 Å². The first-order valence-corrected chi connectivity index (χ1v) is 4.23. The second-order valence-corrected chi connectivity index (χ2v) is 3.21.